The standard InChI is InChI=1S/C29H34N6O3S/c1-3-20(2)30-25(36)19-39-29-32-23-12-8-7-11-22(23)27-31-24(28(38)35(27)29)13-14-26(37)34-17-15-33(16-18-34)21-9-5-4-6-10-21/h4-12,20,24H,3,13-19H2,1-2H3,(H,30,36)/t20-,24+/m0/s1. The summed E-state index contributed by atoms with van der Waals surface area (Å²) in [5, 5.41) is 3.40. The van der Waals surface area contributed by atoms with E-state index in [2.05, 4.69) is 27.3 Å². The molecule has 0 aliphatic carbocycles. The summed E-state index contributed by atoms with van der Waals surface area (Å²) in [5.74, 6) is 0.446. The van der Waals surface area contributed by atoms with E-state index in [-0.39, 0.29) is 35.9 Å². The van der Waals surface area contributed by atoms with E-state index in [9.17, 15) is 14.4 Å². The van der Waals surface area contributed by atoms with Crippen molar-refractivity contribution < 1.29 is 14.4 Å². The van der Waals surface area contributed by atoms with Gasteiger partial charge in [0.15, 0.2) is 5.17 Å². The molecule has 204 valence electrons. The van der Waals surface area contributed by atoms with Crippen molar-refractivity contribution in [2.75, 3.05) is 36.8 Å². The number of hydrogen-bond donors (Lipinski definition) is 1. The summed E-state index contributed by atoms with van der Waals surface area (Å²) in [7, 11) is 0. The number of fused-ring (bicyclic) bond motifs is 3. The Balaban J connectivity index is 1.21. The summed E-state index contributed by atoms with van der Waals surface area (Å²) >= 11 is 1.23. The molecule has 3 aliphatic heterocycles. The molecule has 0 unspecified atom stereocenters. The lowest BCUT2D eigenvalue weighted by Gasteiger charge is -2.36. The van der Waals surface area contributed by atoms with Crippen LogP contribution in [0.2, 0.25) is 0 Å². The van der Waals surface area contributed by atoms with E-state index in [0.717, 1.165) is 30.8 Å². The third kappa shape index (κ3) is 6.00. The molecular weight excluding hydrogens is 512 g/mol. The minimum atomic E-state index is -0.652. The second-order valence-corrected chi connectivity index (χ2v) is 10.9. The number of aliphatic imine (C=N–C) groups is 2. The molecule has 10 heteroatoms. The molecule has 2 aromatic rings. The highest BCUT2D eigenvalue weighted by Gasteiger charge is 2.41. The molecule has 1 saturated heterocycles. The first kappa shape index (κ1) is 26.9. The Hall–Kier alpha value is -3.66. The lowest BCUT2D eigenvalue weighted by molar-refractivity contribution is -0.132. The van der Waals surface area contributed by atoms with Crippen LogP contribution in [0.5, 0.6) is 0 Å². The SMILES string of the molecule is CC[C@H](C)NC(=O)CSC1=Nc2ccccc2C2=N[C@H](CCC(=O)N3CCN(c4ccccc4)CC3)C(=O)N12. The minimum absolute atomic E-state index is 0.0472. The molecular formula is C29H34N6O3S. The third-order valence-corrected chi connectivity index (χ3v) is 8.22. The largest absolute Gasteiger partial charge is 0.368 e. The van der Waals surface area contributed by atoms with Crippen LogP contribution in [-0.4, -0.2) is 82.5 Å². The third-order valence-electron chi connectivity index (χ3n) is 7.29. The molecule has 0 bridgehead atoms. The highest BCUT2D eigenvalue weighted by molar-refractivity contribution is 8.14. The van der Waals surface area contributed by atoms with Crippen molar-refractivity contribution in [3.05, 3.63) is 60.2 Å². The van der Waals surface area contributed by atoms with Gasteiger partial charge in [-0.1, -0.05) is 49.0 Å². The fourth-order valence-electron chi connectivity index (χ4n) is 4.91. The maximum absolute atomic E-state index is 13.5. The van der Waals surface area contributed by atoms with Crippen LogP contribution >= 0.6 is 11.8 Å². The number of amidine groups is 2. The van der Waals surface area contributed by atoms with Gasteiger partial charge in [-0.15, -0.1) is 0 Å². The molecule has 39 heavy (non-hydrogen) atoms. The van der Waals surface area contributed by atoms with Crippen LogP contribution in [-0.2, 0) is 14.4 Å². The molecule has 9 nitrogen and oxygen atoms in total. The number of para-hydroxylation sites is 2. The number of piperazine rings is 1. The summed E-state index contributed by atoms with van der Waals surface area (Å²) < 4.78 is 0. The number of carbonyl (C=O) groups excluding carboxylic acids is 3. The Bertz CT molecular complexity index is 1290. The van der Waals surface area contributed by atoms with Crippen LogP contribution in [0.4, 0.5) is 11.4 Å². The van der Waals surface area contributed by atoms with Gasteiger partial charge in [-0.05, 0) is 44.0 Å². The Kier molecular flexibility index (Phi) is 8.30. The first-order chi connectivity index (χ1) is 18.9. The number of carbonyl (C=O) groups is 3. The summed E-state index contributed by atoms with van der Waals surface area (Å²) in [6, 6.07) is 17.2. The number of rotatable bonds is 8. The zero-order valence-corrected chi connectivity index (χ0v) is 23.2. The van der Waals surface area contributed by atoms with E-state index < -0.39 is 6.04 Å². The fourth-order valence-corrected chi connectivity index (χ4v) is 5.72. The van der Waals surface area contributed by atoms with E-state index in [4.69, 9.17) is 4.99 Å². The molecule has 3 aliphatic rings. The van der Waals surface area contributed by atoms with Gasteiger partial charge in [0.2, 0.25) is 11.8 Å². The second kappa shape index (κ2) is 12.0. The first-order valence-electron chi connectivity index (χ1n) is 13.5. The molecule has 0 aromatic heterocycles. The van der Waals surface area contributed by atoms with E-state index in [1.807, 2.05) is 61.2 Å². The monoisotopic (exact) mass is 546 g/mol. The maximum Gasteiger partial charge on any atom is 0.259 e. The van der Waals surface area contributed by atoms with Gasteiger partial charge < -0.3 is 15.1 Å². The van der Waals surface area contributed by atoms with Crippen LogP contribution in [0, 0.1) is 0 Å². The summed E-state index contributed by atoms with van der Waals surface area (Å²) in [4.78, 5) is 54.1. The molecule has 0 radical (unpaired) electrons. The average molecular weight is 547 g/mol. The highest BCUT2D eigenvalue weighted by atomic mass is 32.2. The van der Waals surface area contributed by atoms with Crippen molar-refractivity contribution >= 4 is 51.9 Å². The van der Waals surface area contributed by atoms with Gasteiger partial charge in [0, 0.05) is 49.9 Å². The lowest BCUT2D eigenvalue weighted by Crippen LogP contribution is -2.49. The van der Waals surface area contributed by atoms with Gasteiger partial charge in [-0.3, -0.25) is 19.4 Å². The van der Waals surface area contributed by atoms with E-state index in [1.165, 1.54) is 22.3 Å². The number of amides is 3. The highest BCUT2D eigenvalue weighted by Crippen LogP contribution is 2.34. The molecule has 3 amide bonds. The first-order valence-corrected chi connectivity index (χ1v) is 14.5. The lowest BCUT2D eigenvalue weighted by atomic mass is 10.1. The molecule has 1 fully saturated rings. The fraction of sp³-hybridized carbons (Fsp3) is 0.414. The maximum atomic E-state index is 13.5. The number of nitrogens with one attached hydrogen (secondary N) is 1. The average Bonchev–Trinajstić information content (AvgIpc) is 3.31. The Morgan fingerprint density at radius 3 is 2.51 bits per heavy atom. The number of hydrogen-bond acceptors (Lipinski definition) is 7. The zero-order chi connectivity index (χ0) is 27.4. The Morgan fingerprint density at radius 1 is 1.05 bits per heavy atom. The van der Waals surface area contributed by atoms with Gasteiger partial charge in [-0.2, -0.15) is 0 Å². The molecule has 2 aromatic carbocycles. The minimum Gasteiger partial charge on any atom is -0.368 e. The van der Waals surface area contributed by atoms with Gasteiger partial charge in [0.05, 0.1) is 11.4 Å². The molecule has 0 saturated carbocycles. The van der Waals surface area contributed by atoms with Crippen LogP contribution in [0.1, 0.15) is 38.7 Å². The van der Waals surface area contributed by atoms with Crippen molar-refractivity contribution in [3.8, 4) is 0 Å². The Morgan fingerprint density at radius 2 is 1.77 bits per heavy atom. The molecule has 0 spiro atoms. The van der Waals surface area contributed by atoms with Gasteiger partial charge in [-0.25, -0.2) is 9.89 Å². The van der Waals surface area contributed by atoms with Crippen molar-refractivity contribution in [1.82, 2.24) is 15.1 Å². The van der Waals surface area contributed by atoms with Crippen LogP contribution in [0.3, 0.4) is 0 Å². The van der Waals surface area contributed by atoms with Gasteiger partial charge >= 0.3 is 0 Å². The summed E-state index contributed by atoms with van der Waals surface area (Å²) in [5.41, 5.74) is 2.67. The Labute approximate surface area is 233 Å². The summed E-state index contributed by atoms with van der Waals surface area (Å²) in [6.45, 7) is 6.86. The van der Waals surface area contributed by atoms with Crippen LogP contribution < -0.4 is 10.2 Å². The molecule has 5 rings (SSSR count). The van der Waals surface area contributed by atoms with Crippen LogP contribution in [0.15, 0.2) is 64.6 Å². The van der Waals surface area contributed by atoms with Crippen LogP contribution in [0.25, 0.3) is 0 Å². The zero-order valence-electron chi connectivity index (χ0n) is 22.4. The smallest absolute Gasteiger partial charge is 0.259 e. The van der Waals surface area contributed by atoms with Crippen molar-refractivity contribution in [1.29, 1.82) is 0 Å². The topological polar surface area (TPSA) is 97.7 Å². The number of nitrogens with zero attached hydrogens (tertiary/aromatic N) is 5. The quantitative estimate of drug-likeness (QED) is 0.547. The van der Waals surface area contributed by atoms with Gasteiger partial charge in [0.25, 0.3) is 5.91 Å². The van der Waals surface area contributed by atoms with Crippen molar-refractivity contribution in [2.45, 2.75) is 45.2 Å². The normalized spacial score (nSPS) is 19.2. The van der Waals surface area contributed by atoms with Gasteiger partial charge in [0.1, 0.15) is 11.9 Å². The van der Waals surface area contributed by atoms with E-state index in [1.54, 1.807) is 0 Å². The van der Waals surface area contributed by atoms with Crippen molar-refractivity contribution in [2.24, 2.45) is 9.98 Å². The second-order valence-electron chi connectivity index (χ2n) is 9.96. The number of benzene rings is 2. The summed E-state index contributed by atoms with van der Waals surface area (Å²) in [6.07, 6.45) is 1.44. The van der Waals surface area contributed by atoms with Crippen molar-refractivity contribution in [3.63, 3.8) is 0 Å². The number of anilines is 1. The predicted molar refractivity (Wildman–Crippen MR) is 156 cm³/mol. The molecule has 1 N–H and O–H groups in total. The molecule has 2 atom stereocenters. The molecule has 3 heterocycles. The van der Waals surface area contributed by atoms with E-state index >= 15 is 0 Å². The van der Waals surface area contributed by atoms with E-state index in [0.29, 0.717) is 30.5 Å². The predicted octanol–water partition coefficient (Wildman–Crippen LogP) is 3.42. The number of thioether (sulfide) groups is 1.